The number of nitrogens with one attached hydrogen (secondary N) is 1. The third-order valence-electron chi connectivity index (χ3n) is 5.28. The topological polar surface area (TPSA) is 103 Å². The van der Waals surface area contributed by atoms with Crippen LogP contribution in [-0.2, 0) is 16.1 Å². The number of nitrogens with zero attached hydrogens (tertiary/aromatic N) is 4. The first-order valence-corrected chi connectivity index (χ1v) is 10.6. The van der Waals surface area contributed by atoms with Gasteiger partial charge in [-0.25, -0.2) is 4.98 Å². The lowest BCUT2D eigenvalue weighted by molar-refractivity contribution is -0.114. The van der Waals surface area contributed by atoms with E-state index in [4.69, 9.17) is 14.0 Å². The van der Waals surface area contributed by atoms with Crippen molar-refractivity contribution in [3.63, 3.8) is 0 Å². The minimum atomic E-state index is -0.0759. The van der Waals surface area contributed by atoms with Crippen LogP contribution >= 0.6 is 0 Å². The van der Waals surface area contributed by atoms with E-state index in [-0.39, 0.29) is 11.9 Å². The summed E-state index contributed by atoms with van der Waals surface area (Å²) < 4.78 is 16.1. The van der Waals surface area contributed by atoms with Crippen LogP contribution in [-0.4, -0.2) is 52.8 Å². The summed E-state index contributed by atoms with van der Waals surface area (Å²) in [4.78, 5) is 22.5. The van der Waals surface area contributed by atoms with Gasteiger partial charge in [-0.05, 0) is 43.1 Å². The molecule has 1 saturated heterocycles. The van der Waals surface area contributed by atoms with Gasteiger partial charge in [-0.2, -0.15) is 4.98 Å². The number of methoxy groups -OCH3 is 1. The lowest BCUT2D eigenvalue weighted by Crippen LogP contribution is -2.23. The minimum absolute atomic E-state index is 0.0759. The largest absolute Gasteiger partial charge is 0.475 e. The number of carbonyl (C=O) groups excluding carboxylic acids is 1. The maximum atomic E-state index is 11.2. The molecule has 0 spiro atoms. The third-order valence-corrected chi connectivity index (χ3v) is 5.28. The highest BCUT2D eigenvalue weighted by molar-refractivity contribution is 5.88. The van der Waals surface area contributed by atoms with Crippen molar-refractivity contribution < 1.29 is 18.8 Å². The molecule has 0 bridgehead atoms. The van der Waals surface area contributed by atoms with Crippen LogP contribution in [0.3, 0.4) is 0 Å². The van der Waals surface area contributed by atoms with Gasteiger partial charge in [-0.15, -0.1) is 0 Å². The zero-order valence-corrected chi connectivity index (χ0v) is 18.3. The van der Waals surface area contributed by atoms with Gasteiger partial charge in [0.25, 0.3) is 0 Å². The van der Waals surface area contributed by atoms with Gasteiger partial charge in [-0.1, -0.05) is 17.3 Å². The van der Waals surface area contributed by atoms with Gasteiger partial charge >= 0.3 is 0 Å². The number of hydrogen-bond donors (Lipinski definition) is 1. The molecule has 2 aromatic heterocycles. The molecule has 1 amide bonds. The third kappa shape index (κ3) is 5.49. The second-order valence-corrected chi connectivity index (χ2v) is 7.69. The Bertz CT molecular complexity index is 1020. The molecule has 3 aromatic rings. The molecule has 32 heavy (non-hydrogen) atoms. The van der Waals surface area contributed by atoms with Crippen molar-refractivity contribution in [3.8, 4) is 17.3 Å². The summed E-state index contributed by atoms with van der Waals surface area (Å²) in [6.45, 7) is 4.20. The molecule has 1 N–H and O–H groups in total. The zero-order valence-electron chi connectivity index (χ0n) is 18.3. The van der Waals surface area contributed by atoms with E-state index < -0.39 is 0 Å². The number of ether oxygens (including phenoxy) is 2. The van der Waals surface area contributed by atoms with Gasteiger partial charge < -0.3 is 19.3 Å². The Balaban J connectivity index is 1.40. The zero-order chi connectivity index (χ0) is 22.3. The van der Waals surface area contributed by atoms with Gasteiger partial charge in [0.15, 0.2) is 0 Å². The summed E-state index contributed by atoms with van der Waals surface area (Å²) in [6, 6.07) is 11.6. The van der Waals surface area contributed by atoms with Crippen molar-refractivity contribution in [3.05, 3.63) is 54.0 Å². The molecule has 1 aromatic carbocycles. The molecule has 168 valence electrons. The Labute approximate surface area is 186 Å². The Morgan fingerprint density at radius 2 is 2.06 bits per heavy atom. The first-order chi connectivity index (χ1) is 15.6. The maximum Gasteiger partial charge on any atom is 0.244 e. The first-order valence-electron chi connectivity index (χ1n) is 10.6. The molecule has 9 heteroatoms. The highest BCUT2D eigenvalue weighted by Crippen LogP contribution is 2.33. The SMILES string of the molecule is COCCOc1ccc(-c2noc(C3CCCN3Cc3ccc(NC(C)=O)cc3)n2)cn1. The highest BCUT2D eigenvalue weighted by Gasteiger charge is 2.30. The first kappa shape index (κ1) is 21.9. The summed E-state index contributed by atoms with van der Waals surface area (Å²) in [6.07, 6.45) is 3.72. The number of amides is 1. The molecule has 1 aliphatic heterocycles. The molecular weight excluding hydrogens is 410 g/mol. The molecule has 1 unspecified atom stereocenters. The number of anilines is 1. The Morgan fingerprint density at radius 1 is 1.22 bits per heavy atom. The van der Waals surface area contributed by atoms with Crippen LogP contribution in [0.15, 0.2) is 47.1 Å². The van der Waals surface area contributed by atoms with Crippen molar-refractivity contribution in [2.24, 2.45) is 0 Å². The molecule has 0 saturated carbocycles. The van der Waals surface area contributed by atoms with Crippen molar-refractivity contribution in [1.82, 2.24) is 20.0 Å². The van der Waals surface area contributed by atoms with Gasteiger partial charge in [0, 0.05) is 44.1 Å². The standard InChI is InChI=1S/C23H27N5O4/c1-16(29)25-19-8-5-17(6-9-19)15-28-11-3-4-20(28)23-26-22(27-32-23)18-7-10-21(24-14-18)31-13-12-30-2/h5-10,14,20H,3-4,11-13,15H2,1-2H3,(H,25,29). The van der Waals surface area contributed by atoms with Gasteiger partial charge in [0.05, 0.1) is 12.6 Å². The fraction of sp³-hybridized carbons (Fsp3) is 0.391. The fourth-order valence-corrected chi connectivity index (χ4v) is 3.74. The number of aromatic nitrogens is 3. The number of pyridine rings is 1. The number of hydrogen-bond acceptors (Lipinski definition) is 8. The van der Waals surface area contributed by atoms with Crippen molar-refractivity contribution in [2.75, 3.05) is 32.2 Å². The van der Waals surface area contributed by atoms with Crippen LogP contribution < -0.4 is 10.1 Å². The van der Waals surface area contributed by atoms with E-state index in [1.54, 1.807) is 19.4 Å². The Kier molecular flexibility index (Phi) is 7.08. The second-order valence-electron chi connectivity index (χ2n) is 7.69. The van der Waals surface area contributed by atoms with Crippen molar-refractivity contribution in [2.45, 2.75) is 32.4 Å². The van der Waals surface area contributed by atoms with Crippen LogP contribution in [0.2, 0.25) is 0 Å². The molecule has 0 radical (unpaired) electrons. The summed E-state index contributed by atoms with van der Waals surface area (Å²) in [5.74, 6) is 1.59. The van der Waals surface area contributed by atoms with Gasteiger partial charge in [0.1, 0.15) is 6.61 Å². The number of benzene rings is 1. The van der Waals surface area contributed by atoms with Crippen molar-refractivity contribution >= 4 is 11.6 Å². The predicted octanol–water partition coefficient (Wildman–Crippen LogP) is 3.45. The molecular formula is C23H27N5O4. The minimum Gasteiger partial charge on any atom is -0.475 e. The van der Waals surface area contributed by atoms with E-state index >= 15 is 0 Å². The summed E-state index contributed by atoms with van der Waals surface area (Å²) in [5.41, 5.74) is 2.74. The van der Waals surface area contributed by atoms with E-state index in [1.807, 2.05) is 30.3 Å². The molecule has 4 rings (SSSR count). The van der Waals surface area contributed by atoms with E-state index in [2.05, 4.69) is 25.3 Å². The van der Waals surface area contributed by atoms with Crippen LogP contribution in [0.1, 0.15) is 37.3 Å². The molecule has 1 atom stereocenters. The van der Waals surface area contributed by atoms with Crippen LogP contribution in [0, 0.1) is 0 Å². The summed E-state index contributed by atoms with van der Waals surface area (Å²) >= 11 is 0. The lowest BCUT2D eigenvalue weighted by Gasteiger charge is -2.21. The number of rotatable bonds is 9. The van der Waals surface area contributed by atoms with Crippen LogP contribution in [0.4, 0.5) is 5.69 Å². The van der Waals surface area contributed by atoms with E-state index in [0.29, 0.717) is 30.8 Å². The van der Waals surface area contributed by atoms with E-state index in [0.717, 1.165) is 37.2 Å². The molecule has 3 heterocycles. The highest BCUT2D eigenvalue weighted by atomic mass is 16.5. The Morgan fingerprint density at radius 3 is 2.78 bits per heavy atom. The van der Waals surface area contributed by atoms with Crippen LogP contribution in [0.25, 0.3) is 11.4 Å². The average Bonchev–Trinajstić information content (AvgIpc) is 3.45. The van der Waals surface area contributed by atoms with E-state index in [1.165, 1.54) is 12.5 Å². The van der Waals surface area contributed by atoms with Crippen LogP contribution in [0.5, 0.6) is 5.88 Å². The molecule has 0 aliphatic carbocycles. The average molecular weight is 438 g/mol. The summed E-state index contributed by atoms with van der Waals surface area (Å²) in [7, 11) is 1.63. The van der Waals surface area contributed by atoms with Crippen molar-refractivity contribution in [1.29, 1.82) is 0 Å². The predicted molar refractivity (Wildman–Crippen MR) is 118 cm³/mol. The smallest absolute Gasteiger partial charge is 0.244 e. The Hall–Kier alpha value is -3.30. The number of likely N-dealkylation sites (tertiary alicyclic amines) is 1. The quantitative estimate of drug-likeness (QED) is 0.508. The van der Waals surface area contributed by atoms with Gasteiger partial charge in [-0.3, -0.25) is 9.69 Å². The maximum absolute atomic E-state index is 11.2. The summed E-state index contributed by atoms with van der Waals surface area (Å²) in [5, 5.41) is 6.95. The molecule has 1 fully saturated rings. The number of carbonyl (C=O) groups is 1. The molecule has 9 nitrogen and oxygen atoms in total. The van der Waals surface area contributed by atoms with Gasteiger partial charge in [0.2, 0.25) is 23.5 Å². The monoisotopic (exact) mass is 437 g/mol. The van der Waals surface area contributed by atoms with E-state index in [9.17, 15) is 4.79 Å². The normalized spacial score (nSPS) is 16.2. The fourth-order valence-electron chi connectivity index (χ4n) is 3.74. The molecule has 1 aliphatic rings. The lowest BCUT2D eigenvalue weighted by atomic mass is 10.1. The second kappa shape index (κ2) is 10.3.